The number of piperidine rings is 2. The summed E-state index contributed by atoms with van der Waals surface area (Å²) in [5, 5.41) is 24.8. The van der Waals surface area contributed by atoms with Crippen molar-refractivity contribution in [3.8, 4) is 0 Å². The van der Waals surface area contributed by atoms with Crippen molar-refractivity contribution in [3.63, 3.8) is 0 Å². The third-order valence-corrected chi connectivity index (χ3v) is 3.33. The van der Waals surface area contributed by atoms with E-state index in [0.717, 1.165) is 40.0 Å². The monoisotopic (exact) mass is 495 g/mol. The largest absolute Gasteiger partial charge is 2.00 e. The first kappa shape index (κ1) is 23.8. The maximum atomic E-state index is 10.1. The van der Waals surface area contributed by atoms with Crippen molar-refractivity contribution < 1.29 is 40.9 Å². The van der Waals surface area contributed by atoms with Crippen LogP contribution in [0, 0.1) is 5.41 Å². The van der Waals surface area contributed by atoms with Gasteiger partial charge in [0.25, 0.3) is 0 Å². The molecule has 0 saturated carbocycles. The molecule has 2 fully saturated rings. The van der Waals surface area contributed by atoms with Gasteiger partial charge in [-0.1, -0.05) is 38.5 Å². The fraction of sp³-hybridized carbons (Fsp3) is 0.867. The maximum Gasteiger partial charge on any atom is 2.00 e. The Bertz CT molecular complexity index is 253. The Hall–Kier alpha value is -0.452. The summed E-state index contributed by atoms with van der Waals surface area (Å²) in [6.45, 7) is 6.77. The van der Waals surface area contributed by atoms with E-state index in [1.165, 1.54) is 38.5 Å². The van der Waals surface area contributed by atoms with E-state index in [9.17, 15) is 9.59 Å². The molecule has 2 aliphatic heterocycles. The van der Waals surface area contributed by atoms with Crippen molar-refractivity contribution in [2.75, 3.05) is 26.2 Å². The van der Waals surface area contributed by atoms with E-state index >= 15 is 0 Å². The second kappa shape index (κ2) is 14.2. The summed E-state index contributed by atoms with van der Waals surface area (Å²) in [6.07, 6.45) is 8.15. The number of nitrogens with zero attached hydrogens (tertiary/aromatic N) is 2. The molecular weight excluding hydrogens is 467 g/mol. The Kier molecular flexibility index (Phi) is 15.3. The first-order valence-corrected chi connectivity index (χ1v) is 7.62. The smallest absolute Gasteiger partial charge is 0.662 e. The molecule has 0 radical (unpaired) electrons. The SMILES string of the molecule is C1CC[N-]CC1.C1CC[N-]CC1.CC(C)(C(=O)O)C(=O)O.[Pt+2]. The zero-order valence-electron chi connectivity index (χ0n) is 13.5. The minimum atomic E-state index is -1.67. The molecule has 0 aromatic carbocycles. The number of carboxylic acid groups (broad SMARTS) is 2. The molecule has 6 nitrogen and oxygen atoms in total. The van der Waals surface area contributed by atoms with Crippen LogP contribution >= 0.6 is 0 Å². The Labute approximate surface area is 147 Å². The van der Waals surface area contributed by atoms with Crippen molar-refractivity contribution in [2.45, 2.75) is 52.4 Å². The van der Waals surface area contributed by atoms with E-state index < -0.39 is 17.4 Å². The van der Waals surface area contributed by atoms with Gasteiger partial charge in [0, 0.05) is 0 Å². The summed E-state index contributed by atoms with van der Waals surface area (Å²) in [4.78, 5) is 20.2. The van der Waals surface area contributed by atoms with Gasteiger partial charge in [0.2, 0.25) is 0 Å². The molecule has 0 atom stereocenters. The topological polar surface area (TPSA) is 103 Å². The van der Waals surface area contributed by atoms with Gasteiger partial charge in [0.15, 0.2) is 5.41 Å². The number of carboxylic acids is 2. The van der Waals surface area contributed by atoms with Gasteiger partial charge < -0.3 is 20.8 Å². The van der Waals surface area contributed by atoms with Crippen molar-refractivity contribution in [3.05, 3.63) is 10.6 Å². The van der Waals surface area contributed by atoms with Gasteiger partial charge in [0.1, 0.15) is 0 Å². The second-order valence-corrected chi connectivity index (χ2v) is 5.70. The molecule has 0 aromatic rings. The van der Waals surface area contributed by atoms with Gasteiger partial charge in [-0.2, -0.15) is 0 Å². The average molecular weight is 495 g/mol. The van der Waals surface area contributed by atoms with Crippen molar-refractivity contribution >= 4 is 11.9 Å². The Morgan fingerprint density at radius 2 is 1.00 bits per heavy atom. The van der Waals surface area contributed by atoms with Crippen LogP contribution in [-0.2, 0) is 30.7 Å². The van der Waals surface area contributed by atoms with E-state index in [4.69, 9.17) is 10.2 Å². The van der Waals surface area contributed by atoms with E-state index in [1.807, 2.05) is 0 Å². The van der Waals surface area contributed by atoms with E-state index in [1.54, 1.807) is 0 Å². The van der Waals surface area contributed by atoms with E-state index in [2.05, 4.69) is 10.6 Å². The van der Waals surface area contributed by atoms with Gasteiger partial charge in [-0.3, -0.25) is 9.59 Å². The van der Waals surface area contributed by atoms with Crippen molar-refractivity contribution in [1.82, 2.24) is 0 Å². The fourth-order valence-electron chi connectivity index (χ4n) is 1.56. The van der Waals surface area contributed by atoms with Crippen LogP contribution in [0.25, 0.3) is 10.6 Å². The van der Waals surface area contributed by atoms with Crippen LogP contribution in [0.1, 0.15) is 52.4 Å². The summed E-state index contributed by atoms with van der Waals surface area (Å²) < 4.78 is 0. The summed E-state index contributed by atoms with van der Waals surface area (Å²) in [5.74, 6) is -2.65. The van der Waals surface area contributed by atoms with E-state index in [-0.39, 0.29) is 21.1 Å². The molecule has 0 amide bonds. The predicted molar refractivity (Wildman–Crippen MR) is 82.9 cm³/mol. The van der Waals surface area contributed by atoms with Gasteiger partial charge in [0.05, 0.1) is 0 Å². The molecule has 2 saturated heterocycles. The molecule has 0 unspecified atom stereocenters. The molecule has 2 heterocycles. The standard InChI is InChI=1S/2C5H10N.C5H8O4.Pt/c2*1-2-4-6-5-3-1;1-5(2,3(6)7)4(8)9;/h2*1-5H2;1-2H3,(H,6,7)(H,8,9);/q2*-1;;+2. The third kappa shape index (κ3) is 12.1. The Balaban J connectivity index is 0. The average Bonchev–Trinajstić information content (AvgIpc) is 2.51. The molecule has 0 spiro atoms. The molecule has 0 aliphatic carbocycles. The zero-order valence-corrected chi connectivity index (χ0v) is 15.8. The minimum Gasteiger partial charge on any atom is -0.662 e. The molecule has 22 heavy (non-hydrogen) atoms. The van der Waals surface area contributed by atoms with Gasteiger partial charge in [-0.05, 0) is 13.8 Å². The van der Waals surface area contributed by atoms with Crippen molar-refractivity contribution in [1.29, 1.82) is 0 Å². The first-order valence-electron chi connectivity index (χ1n) is 7.62. The fourth-order valence-corrected chi connectivity index (χ4v) is 1.56. The van der Waals surface area contributed by atoms with Crippen LogP contribution in [0.2, 0.25) is 0 Å². The zero-order chi connectivity index (χ0) is 16.1. The number of aliphatic carboxylic acids is 2. The van der Waals surface area contributed by atoms with Crippen LogP contribution in [0.4, 0.5) is 0 Å². The second-order valence-electron chi connectivity index (χ2n) is 5.70. The van der Waals surface area contributed by atoms with Crippen LogP contribution in [0.15, 0.2) is 0 Å². The number of carbonyl (C=O) groups is 2. The molecule has 0 bridgehead atoms. The summed E-state index contributed by atoms with van der Waals surface area (Å²) in [7, 11) is 0. The number of hydrogen-bond donors (Lipinski definition) is 2. The molecule has 2 aliphatic rings. The third-order valence-electron chi connectivity index (χ3n) is 3.33. The summed E-state index contributed by atoms with van der Waals surface area (Å²) in [6, 6.07) is 0. The molecular formula is C15H28N2O4Pt. The normalized spacial score (nSPS) is 17.5. The molecule has 132 valence electrons. The van der Waals surface area contributed by atoms with Crippen LogP contribution in [0.3, 0.4) is 0 Å². The summed E-state index contributed by atoms with van der Waals surface area (Å²) in [5.41, 5.74) is -1.67. The molecule has 0 aromatic heterocycles. The number of rotatable bonds is 2. The van der Waals surface area contributed by atoms with Crippen LogP contribution in [-0.4, -0.2) is 48.3 Å². The van der Waals surface area contributed by atoms with Crippen LogP contribution in [0.5, 0.6) is 0 Å². The van der Waals surface area contributed by atoms with Crippen LogP contribution < -0.4 is 0 Å². The summed E-state index contributed by atoms with van der Waals surface area (Å²) >= 11 is 0. The maximum absolute atomic E-state index is 10.1. The van der Waals surface area contributed by atoms with Gasteiger partial charge >= 0.3 is 33.0 Å². The number of hydrogen-bond acceptors (Lipinski definition) is 2. The minimum absolute atomic E-state index is 0. The van der Waals surface area contributed by atoms with Crippen molar-refractivity contribution in [2.24, 2.45) is 5.41 Å². The quantitative estimate of drug-likeness (QED) is 0.574. The Morgan fingerprint density at radius 1 is 0.727 bits per heavy atom. The van der Waals surface area contributed by atoms with Gasteiger partial charge in [-0.15, -0.1) is 26.2 Å². The molecule has 2 N–H and O–H groups in total. The molecule has 2 rings (SSSR count). The Morgan fingerprint density at radius 3 is 1.05 bits per heavy atom. The van der Waals surface area contributed by atoms with Gasteiger partial charge in [-0.25, -0.2) is 0 Å². The molecule has 7 heteroatoms. The van der Waals surface area contributed by atoms with E-state index in [0.29, 0.717) is 0 Å². The first-order chi connectivity index (χ1) is 9.89. The predicted octanol–water partition coefficient (Wildman–Crippen LogP) is 3.27.